The SMILES string of the molecule is Nc1ccc(C(F)(F)F)cc1NC(=S)Nc1ccc(NC(=O)c2ccccc2F)cc1. The zero-order valence-corrected chi connectivity index (χ0v) is 16.6. The lowest BCUT2D eigenvalue weighted by Crippen LogP contribution is -2.20. The molecule has 0 spiro atoms. The Morgan fingerprint density at radius 2 is 1.48 bits per heavy atom. The fourth-order valence-corrected chi connectivity index (χ4v) is 2.83. The minimum atomic E-state index is -4.51. The van der Waals surface area contributed by atoms with Crippen molar-refractivity contribution in [1.82, 2.24) is 0 Å². The first-order valence-electron chi connectivity index (χ1n) is 8.84. The standard InChI is InChI=1S/C21H16F4N4OS/c22-16-4-2-1-3-15(16)19(30)27-13-6-8-14(9-7-13)28-20(31)29-18-11-12(21(23,24)25)5-10-17(18)26/h1-11H,26H2,(H,27,30)(H2,28,29,31). The largest absolute Gasteiger partial charge is 0.416 e. The molecule has 0 aliphatic heterocycles. The number of thiocarbonyl (C=S) groups is 1. The van der Waals surface area contributed by atoms with Crippen LogP contribution in [0.3, 0.4) is 0 Å². The molecular weight excluding hydrogens is 432 g/mol. The summed E-state index contributed by atoms with van der Waals surface area (Å²) in [5, 5.41) is 8.03. The van der Waals surface area contributed by atoms with Gasteiger partial charge >= 0.3 is 6.18 Å². The molecule has 0 aliphatic carbocycles. The number of hydrogen-bond donors (Lipinski definition) is 4. The first-order chi connectivity index (χ1) is 14.6. The van der Waals surface area contributed by atoms with Crippen LogP contribution in [-0.4, -0.2) is 11.0 Å². The Hall–Kier alpha value is -3.66. The highest BCUT2D eigenvalue weighted by Crippen LogP contribution is 2.33. The highest BCUT2D eigenvalue weighted by Gasteiger charge is 2.31. The minimum Gasteiger partial charge on any atom is -0.397 e. The van der Waals surface area contributed by atoms with Crippen LogP contribution in [0.1, 0.15) is 15.9 Å². The van der Waals surface area contributed by atoms with E-state index in [4.69, 9.17) is 18.0 Å². The number of alkyl halides is 3. The van der Waals surface area contributed by atoms with Gasteiger partial charge in [-0.25, -0.2) is 4.39 Å². The van der Waals surface area contributed by atoms with Gasteiger partial charge in [-0.1, -0.05) is 12.1 Å². The van der Waals surface area contributed by atoms with Crippen molar-refractivity contribution in [2.24, 2.45) is 0 Å². The normalized spacial score (nSPS) is 11.0. The van der Waals surface area contributed by atoms with Gasteiger partial charge in [-0.15, -0.1) is 0 Å². The Balaban J connectivity index is 1.63. The molecule has 3 rings (SSSR count). The summed E-state index contributed by atoms with van der Waals surface area (Å²) in [6.07, 6.45) is -4.51. The summed E-state index contributed by atoms with van der Waals surface area (Å²) in [6.45, 7) is 0. The summed E-state index contributed by atoms with van der Waals surface area (Å²) in [5.74, 6) is -1.24. The molecule has 5 N–H and O–H groups in total. The number of hydrogen-bond acceptors (Lipinski definition) is 3. The molecule has 10 heteroatoms. The third kappa shape index (κ3) is 5.70. The minimum absolute atomic E-state index is 0.0149. The lowest BCUT2D eigenvalue weighted by Gasteiger charge is -2.15. The molecule has 0 radical (unpaired) electrons. The molecule has 0 aromatic heterocycles. The smallest absolute Gasteiger partial charge is 0.397 e. The summed E-state index contributed by atoms with van der Waals surface area (Å²) in [5.41, 5.74) is 5.80. The van der Waals surface area contributed by atoms with Crippen LogP contribution in [-0.2, 0) is 6.18 Å². The van der Waals surface area contributed by atoms with Crippen molar-refractivity contribution < 1.29 is 22.4 Å². The molecule has 5 nitrogen and oxygen atoms in total. The van der Waals surface area contributed by atoms with E-state index in [0.717, 1.165) is 18.2 Å². The molecule has 0 saturated heterocycles. The molecule has 31 heavy (non-hydrogen) atoms. The van der Waals surface area contributed by atoms with Crippen molar-refractivity contribution in [3.63, 3.8) is 0 Å². The molecule has 0 fully saturated rings. The number of rotatable bonds is 4. The summed E-state index contributed by atoms with van der Waals surface area (Å²) in [4.78, 5) is 12.1. The number of amides is 1. The fourth-order valence-electron chi connectivity index (χ4n) is 2.61. The average Bonchev–Trinajstić information content (AvgIpc) is 2.70. The first kappa shape index (κ1) is 22.0. The van der Waals surface area contributed by atoms with Crippen LogP contribution >= 0.6 is 12.2 Å². The van der Waals surface area contributed by atoms with E-state index in [-0.39, 0.29) is 22.1 Å². The maximum absolute atomic E-state index is 13.7. The van der Waals surface area contributed by atoms with Crippen molar-refractivity contribution in [2.45, 2.75) is 6.18 Å². The second-order valence-electron chi connectivity index (χ2n) is 6.39. The summed E-state index contributed by atoms with van der Waals surface area (Å²) >= 11 is 5.12. The average molecular weight is 448 g/mol. The van der Waals surface area contributed by atoms with E-state index < -0.39 is 23.5 Å². The molecule has 3 aromatic rings. The number of benzene rings is 3. The molecular formula is C21H16F4N4OS. The lowest BCUT2D eigenvalue weighted by atomic mass is 10.1. The Kier molecular flexibility index (Phi) is 6.40. The van der Waals surface area contributed by atoms with Crippen LogP contribution in [0.5, 0.6) is 0 Å². The van der Waals surface area contributed by atoms with E-state index in [9.17, 15) is 22.4 Å². The second-order valence-corrected chi connectivity index (χ2v) is 6.80. The monoisotopic (exact) mass is 448 g/mol. The van der Waals surface area contributed by atoms with Crippen LogP contribution in [0.2, 0.25) is 0 Å². The zero-order chi connectivity index (χ0) is 22.6. The Bertz CT molecular complexity index is 1120. The van der Waals surface area contributed by atoms with Crippen molar-refractivity contribution in [3.8, 4) is 0 Å². The van der Waals surface area contributed by atoms with Crippen LogP contribution in [0.25, 0.3) is 0 Å². The van der Waals surface area contributed by atoms with Crippen LogP contribution < -0.4 is 21.7 Å². The molecule has 0 bridgehead atoms. The van der Waals surface area contributed by atoms with Crippen molar-refractivity contribution >= 4 is 46.0 Å². The van der Waals surface area contributed by atoms with E-state index in [0.29, 0.717) is 11.4 Å². The van der Waals surface area contributed by atoms with E-state index in [1.807, 2.05) is 0 Å². The maximum Gasteiger partial charge on any atom is 0.416 e. The Labute approximate surface area is 180 Å². The highest BCUT2D eigenvalue weighted by atomic mass is 32.1. The number of carbonyl (C=O) groups excluding carboxylic acids is 1. The molecule has 0 atom stereocenters. The number of nitrogens with two attached hydrogens (primary N) is 1. The molecule has 0 saturated carbocycles. The van der Waals surface area contributed by atoms with Gasteiger partial charge in [0, 0.05) is 11.4 Å². The number of nitrogens with one attached hydrogen (secondary N) is 3. The molecule has 0 unspecified atom stereocenters. The second kappa shape index (κ2) is 9.00. The van der Waals surface area contributed by atoms with E-state index in [1.165, 1.54) is 18.2 Å². The highest BCUT2D eigenvalue weighted by molar-refractivity contribution is 7.80. The van der Waals surface area contributed by atoms with Crippen LogP contribution in [0.4, 0.5) is 40.3 Å². The first-order valence-corrected chi connectivity index (χ1v) is 9.25. The van der Waals surface area contributed by atoms with Crippen LogP contribution in [0, 0.1) is 5.82 Å². The number of nitrogen functional groups attached to an aromatic ring is 1. The van der Waals surface area contributed by atoms with Gasteiger partial charge in [0.1, 0.15) is 5.82 Å². The molecule has 3 aromatic carbocycles. The van der Waals surface area contributed by atoms with E-state index in [1.54, 1.807) is 30.3 Å². The lowest BCUT2D eigenvalue weighted by molar-refractivity contribution is -0.137. The Morgan fingerprint density at radius 1 is 0.871 bits per heavy atom. The summed E-state index contributed by atoms with van der Waals surface area (Å²) < 4.78 is 52.3. The van der Waals surface area contributed by atoms with Gasteiger partial charge in [0.15, 0.2) is 5.11 Å². The van der Waals surface area contributed by atoms with Gasteiger partial charge in [-0.05, 0) is 66.8 Å². The van der Waals surface area contributed by atoms with Crippen LogP contribution in [0.15, 0.2) is 66.7 Å². The fraction of sp³-hybridized carbons (Fsp3) is 0.0476. The molecule has 160 valence electrons. The van der Waals surface area contributed by atoms with Gasteiger partial charge in [-0.2, -0.15) is 13.2 Å². The van der Waals surface area contributed by atoms with Gasteiger partial charge in [0.25, 0.3) is 5.91 Å². The third-order valence-electron chi connectivity index (χ3n) is 4.15. The van der Waals surface area contributed by atoms with Crippen molar-refractivity contribution in [2.75, 3.05) is 21.7 Å². The van der Waals surface area contributed by atoms with E-state index >= 15 is 0 Å². The van der Waals surface area contributed by atoms with Gasteiger partial charge in [-0.3, -0.25) is 4.79 Å². The zero-order valence-electron chi connectivity index (χ0n) is 15.8. The van der Waals surface area contributed by atoms with E-state index in [2.05, 4.69) is 16.0 Å². The Morgan fingerprint density at radius 3 is 2.10 bits per heavy atom. The number of halogens is 4. The summed E-state index contributed by atoms with van der Waals surface area (Å²) in [7, 11) is 0. The van der Waals surface area contributed by atoms with Crippen molar-refractivity contribution in [3.05, 3.63) is 83.7 Å². The molecule has 1 amide bonds. The van der Waals surface area contributed by atoms with Crippen molar-refractivity contribution in [1.29, 1.82) is 0 Å². The number of carbonyl (C=O) groups is 1. The predicted molar refractivity (Wildman–Crippen MR) is 116 cm³/mol. The van der Waals surface area contributed by atoms with Gasteiger partial charge < -0.3 is 21.7 Å². The van der Waals surface area contributed by atoms with Gasteiger partial charge in [0.2, 0.25) is 0 Å². The summed E-state index contributed by atoms with van der Waals surface area (Å²) in [6, 6.07) is 14.8. The topological polar surface area (TPSA) is 79.2 Å². The third-order valence-corrected chi connectivity index (χ3v) is 4.35. The predicted octanol–water partition coefficient (Wildman–Crippen LogP) is 5.49. The quantitative estimate of drug-likeness (QED) is 0.241. The molecule has 0 heterocycles. The molecule has 0 aliphatic rings. The van der Waals surface area contributed by atoms with Gasteiger partial charge in [0.05, 0.1) is 22.5 Å². The number of anilines is 4. The maximum atomic E-state index is 13.7.